The van der Waals surface area contributed by atoms with Crippen LogP contribution in [-0.4, -0.2) is 22.4 Å². The highest BCUT2D eigenvalue weighted by atomic mass is 16.1. The van der Waals surface area contributed by atoms with Gasteiger partial charge in [-0.3, -0.25) is 9.78 Å². The molecule has 0 aliphatic heterocycles. The van der Waals surface area contributed by atoms with Gasteiger partial charge in [0.05, 0.1) is 11.0 Å². The van der Waals surface area contributed by atoms with Crippen molar-refractivity contribution >= 4 is 27.7 Å². The summed E-state index contributed by atoms with van der Waals surface area (Å²) >= 11 is 0. The molecule has 0 spiro atoms. The Morgan fingerprint density at radius 3 is 3.00 bits per heavy atom. The van der Waals surface area contributed by atoms with E-state index in [1.165, 1.54) is 0 Å². The van der Waals surface area contributed by atoms with Crippen LogP contribution in [0, 0.1) is 0 Å². The van der Waals surface area contributed by atoms with Crippen molar-refractivity contribution in [3.05, 3.63) is 42.2 Å². The van der Waals surface area contributed by atoms with E-state index in [0.29, 0.717) is 12.2 Å². The highest BCUT2D eigenvalue weighted by Gasteiger charge is 2.10. The lowest BCUT2D eigenvalue weighted by Crippen LogP contribution is -2.22. The fourth-order valence-electron chi connectivity index (χ4n) is 2.12. The standard InChI is InChI=1S/C14H13N3O/c1-2-15-14(18)11-8-10-6-5-9-4-3-7-16-12(9)13(10)17-11/h3-8,17H,2H2,1H3,(H,15,18). The van der Waals surface area contributed by atoms with Gasteiger partial charge in [-0.1, -0.05) is 18.2 Å². The van der Waals surface area contributed by atoms with Crippen molar-refractivity contribution in [3.8, 4) is 0 Å². The van der Waals surface area contributed by atoms with Gasteiger partial charge in [-0.15, -0.1) is 0 Å². The van der Waals surface area contributed by atoms with Crippen molar-refractivity contribution in [2.75, 3.05) is 6.54 Å². The molecule has 18 heavy (non-hydrogen) atoms. The molecule has 4 nitrogen and oxygen atoms in total. The maximum atomic E-state index is 11.8. The van der Waals surface area contributed by atoms with E-state index in [9.17, 15) is 4.79 Å². The van der Waals surface area contributed by atoms with Gasteiger partial charge in [0.15, 0.2) is 0 Å². The second-order valence-corrected chi connectivity index (χ2v) is 4.15. The summed E-state index contributed by atoms with van der Waals surface area (Å²) in [6.45, 7) is 2.52. The first-order valence-electron chi connectivity index (χ1n) is 5.94. The summed E-state index contributed by atoms with van der Waals surface area (Å²) in [6.07, 6.45) is 1.76. The molecular formula is C14H13N3O. The SMILES string of the molecule is CCNC(=O)c1cc2ccc3cccnc3c2[nH]1. The molecule has 0 saturated carbocycles. The zero-order valence-electron chi connectivity index (χ0n) is 10.0. The van der Waals surface area contributed by atoms with Gasteiger partial charge in [0, 0.05) is 23.5 Å². The number of benzene rings is 1. The van der Waals surface area contributed by atoms with Crippen molar-refractivity contribution in [3.63, 3.8) is 0 Å². The highest BCUT2D eigenvalue weighted by molar-refractivity contribution is 6.07. The number of nitrogens with one attached hydrogen (secondary N) is 2. The molecule has 4 heteroatoms. The Balaban J connectivity index is 2.22. The van der Waals surface area contributed by atoms with Crippen LogP contribution in [0.3, 0.4) is 0 Å². The van der Waals surface area contributed by atoms with Crippen LogP contribution in [0.25, 0.3) is 21.8 Å². The molecule has 1 amide bonds. The molecule has 1 aromatic carbocycles. The summed E-state index contributed by atoms with van der Waals surface area (Å²) in [5, 5.41) is 4.85. The molecule has 3 aromatic rings. The van der Waals surface area contributed by atoms with Gasteiger partial charge in [0.2, 0.25) is 0 Å². The summed E-state index contributed by atoms with van der Waals surface area (Å²) in [5.41, 5.74) is 2.38. The number of fused-ring (bicyclic) bond motifs is 3. The molecular weight excluding hydrogens is 226 g/mol. The molecule has 2 aromatic heterocycles. The number of amides is 1. The first-order valence-corrected chi connectivity index (χ1v) is 5.94. The van der Waals surface area contributed by atoms with Gasteiger partial charge in [0.25, 0.3) is 5.91 Å². The lowest BCUT2D eigenvalue weighted by molar-refractivity contribution is 0.0951. The Morgan fingerprint density at radius 2 is 2.17 bits per heavy atom. The summed E-state index contributed by atoms with van der Waals surface area (Å²) in [7, 11) is 0. The van der Waals surface area contributed by atoms with Crippen LogP contribution in [0.1, 0.15) is 17.4 Å². The molecule has 0 fully saturated rings. The Labute approximate surface area is 104 Å². The van der Waals surface area contributed by atoms with E-state index in [0.717, 1.165) is 21.8 Å². The quantitative estimate of drug-likeness (QED) is 0.721. The van der Waals surface area contributed by atoms with Crippen LogP contribution in [0.15, 0.2) is 36.5 Å². The molecule has 0 radical (unpaired) electrons. The summed E-state index contributed by atoms with van der Waals surface area (Å²) in [4.78, 5) is 19.3. The first kappa shape index (κ1) is 10.8. The Morgan fingerprint density at radius 1 is 1.33 bits per heavy atom. The van der Waals surface area contributed by atoms with Crippen molar-refractivity contribution in [1.29, 1.82) is 0 Å². The van der Waals surface area contributed by atoms with E-state index >= 15 is 0 Å². The molecule has 90 valence electrons. The molecule has 2 N–H and O–H groups in total. The number of pyridine rings is 1. The third-order valence-electron chi connectivity index (χ3n) is 2.95. The number of aromatic nitrogens is 2. The fourth-order valence-corrected chi connectivity index (χ4v) is 2.12. The average Bonchev–Trinajstić information content (AvgIpc) is 2.83. The summed E-state index contributed by atoms with van der Waals surface area (Å²) < 4.78 is 0. The number of carbonyl (C=O) groups excluding carboxylic acids is 1. The Kier molecular flexibility index (Phi) is 2.48. The molecule has 0 aliphatic rings. The number of hydrogen-bond acceptors (Lipinski definition) is 2. The van der Waals surface area contributed by atoms with Crippen LogP contribution in [0.2, 0.25) is 0 Å². The highest BCUT2D eigenvalue weighted by Crippen LogP contribution is 2.23. The lowest BCUT2D eigenvalue weighted by atomic mass is 10.1. The predicted octanol–water partition coefficient (Wildman–Crippen LogP) is 2.47. The van der Waals surface area contributed by atoms with Crippen molar-refractivity contribution < 1.29 is 4.79 Å². The van der Waals surface area contributed by atoms with Gasteiger partial charge < -0.3 is 10.3 Å². The van der Waals surface area contributed by atoms with Crippen LogP contribution in [-0.2, 0) is 0 Å². The van der Waals surface area contributed by atoms with Gasteiger partial charge in [0.1, 0.15) is 5.69 Å². The summed E-state index contributed by atoms with van der Waals surface area (Å²) in [5.74, 6) is -0.0854. The first-order chi connectivity index (χ1) is 8.79. The van der Waals surface area contributed by atoms with Crippen molar-refractivity contribution in [2.24, 2.45) is 0 Å². The minimum Gasteiger partial charge on any atom is -0.351 e. The monoisotopic (exact) mass is 239 g/mol. The fraction of sp³-hybridized carbons (Fsp3) is 0.143. The van der Waals surface area contributed by atoms with Gasteiger partial charge in [-0.05, 0) is 19.1 Å². The zero-order chi connectivity index (χ0) is 12.5. The number of nitrogens with zero attached hydrogens (tertiary/aromatic N) is 1. The molecule has 0 aliphatic carbocycles. The predicted molar refractivity (Wildman–Crippen MR) is 71.6 cm³/mol. The number of hydrogen-bond donors (Lipinski definition) is 2. The topological polar surface area (TPSA) is 57.8 Å². The number of rotatable bonds is 2. The molecule has 0 saturated heterocycles. The minimum atomic E-state index is -0.0854. The van der Waals surface area contributed by atoms with Crippen LogP contribution >= 0.6 is 0 Å². The molecule has 3 rings (SSSR count). The van der Waals surface area contributed by atoms with Gasteiger partial charge in [-0.2, -0.15) is 0 Å². The Bertz CT molecular complexity index is 730. The average molecular weight is 239 g/mol. The van der Waals surface area contributed by atoms with Crippen molar-refractivity contribution in [2.45, 2.75) is 6.92 Å². The van der Waals surface area contributed by atoms with Crippen LogP contribution in [0.5, 0.6) is 0 Å². The zero-order valence-corrected chi connectivity index (χ0v) is 10.0. The minimum absolute atomic E-state index is 0.0854. The Hall–Kier alpha value is -2.36. The van der Waals surface area contributed by atoms with E-state index in [1.54, 1.807) is 6.20 Å². The largest absolute Gasteiger partial charge is 0.351 e. The van der Waals surface area contributed by atoms with E-state index in [-0.39, 0.29) is 5.91 Å². The number of carbonyl (C=O) groups is 1. The number of H-pyrrole nitrogens is 1. The third-order valence-corrected chi connectivity index (χ3v) is 2.95. The summed E-state index contributed by atoms with van der Waals surface area (Å²) in [6, 6.07) is 9.78. The van der Waals surface area contributed by atoms with Crippen LogP contribution in [0.4, 0.5) is 0 Å². The van der Waals surface area contributed by atoms with E-state index in [2.05, 4.69) is 15.3 Å². The van der Waals surface area contributed by atoms with E-state index in [4.69, 9.17) is 0 Å². The third kappa shape index (κ3) is 1.62. The van der Waals surface area contributed by atoms with E-state index in [1.807, 2.05) is 37.3 Å². The second kappa shape index (κ2) is 4.14. The number of aromatic amines is 1. The smallest absolute Gasteiger partial charge is 0.267 e. The molecule has 0 bridgehead atoms. The normalized spacial score (nSPS) is 10.9. The molecule has 0 unspecified atom stereocenters. The van der Waals surface area contributed by atoms with Gasteiger partial charge >= 0.3 is 0 Å². The van der Waals surface area contributed by atoms with E-state index < -0.39 is 0 Å². The maximum Gasteiger partial charge on any atom is 0.267 e. The molecule has 0 atom stereocenters. The van der Waals surface area contributed by atoms with Crippen LogP contribution < -0.4 is 5.32 Å². The van der Waals surface area contributed by atoms with Gasteiger partial charge in [-0.25, -0.2) is 0 Å². The lowest BCUT2D eigenvalue weighted by Gasteiger charge is -1.98. The maximum absolute atomic E-state index is 11.8. The molecule has 2 heterocycles. The second-order valence-electron chi connectivity index (χ2n) is 4.15. The van der Waals surface area contributed by atoms with Crippen molar-refractivity contribution in [1.82, 2.24) is 15.3 Å².